The molecule has 1 fully saturated rings. The Morgan fingerprint density at radius 1 is 1.35 bits per heavy atom. The Balaban J connectivity index is 2.00. The van der Waals surface area contributed by atoms with Gasteiger partial charge in [-0.15, -0.1) is 0 Å². The molecule has 3 rings (SSSR count). The first-order valence-electron chi connectivity index (χ1n) is 6.66. The fourth-order valence-corrected chi connectivity index (χ4v) is 2.48. The van der Waals surface area contributed by atoms with E-state index >= 15 is 0 Å². The SMILES string of the molecule is CCC1CCCN1c1nc(NN)nc(-n2cncn2)n1. The number of nitrogens with one attached hydrogen (secondary N) is 1. The monoisotopic (exact) mass is 275 g/mol. The molecule has 1 unspecified atom stereocenters. The molecule has 106 valence electrons. The highest BCUT2D eigenvalue weighted by atomic mass is 15.4. The van der Waals surface area contributed by atoms with Crippen molar-refractivity contribution in [2.24, 2.45) is 5.84 Å². The summed E-state index contributed by atoms with van der Waals surface area (Å²) in [5.74, 6) is 6.79. The summed E-state index contributed by atoms with van der Waals surface area (Å²) in [5, 5.41) is 4.03. The average molecular weight is 275 g/mol. The molecule has 1 atom stereocenters. The van der Waals surface area contributed by atoms with Gasteiger partial charge in [0.25, 0.3) is 5.95 Å². The Labute approximate surface area is 116 Å². The van der Waals surface area contributed by atoms with Crippen molar-refractivity contribution in [1.29, 1.82) is 0 Å². The second kappa shape index (κ2) is 5.37. The zero-order chi connectivity index (χ0) is 13.9. The van der Waals surface area contributed by atoms with Gasteiger partial charge >= 0.3 is 0 Å². The lowest BCUT2D eigenvalue weighted by Crippen LogP contribution is -2.31. The third-order valence-electron chi connectivity index (χ3n) is 3.47. The molecule has 1 saturated heterocycles. The Morgan fingerprint density at radius 3 is 2.90 bits per heavy atom. The summed E-state index contributed by atoms with van der Waals surface area (Å²) >= 11 is 0. The molecule has 2 aromatic heterocycles. The van der Waals surface area contributed by atoms with E-state index in [-0.39, 0.29) is 0 Å². The van der Waals surface area contributed by atoms with Crippen molar-refractivity contribution in [3.63, 3.8) is 0 Å². The summed E-state index contributed by atoms with van der Waals surface area (Å²) in [6.07, 6.45) is 6.35. The van der Waals surface area contributed by atoms with Crippen LogP contribution >= 0.6 is 0 Å². The molecule has 3 heterocycles. The van der Waals surface area contributed by atoms with Crippen LogP contribution in [0.25, 0.3) is 5.95 Å². The maximum Gasteiger partial charge on any atom is 0.258 e. The van der Waals surface area contributed by atoms with E-state index in [0.717, 1.165) is 25.8 Å². The summed E-state index contributed by atoms with van der Waals surface area (Å²) in [6.45, 7) is 3.12. The van der Waals surface area contributed by atoms with Crippen LogP contribution in [0.3, 0.4) is 0 Å². The van der Waals surface area contributed by atoms with Crippen molar-refractivity contribution >= 4 is 11.9 Å². The molecule has 0 aliphatic carbocycles. The molecule has 1 aliphatic rings. The summed E-state index contributed by atoms with van der Waals surface area (Å²) < 4.78 is 1.49. The van der Waals surface area contributed by atoms with Crippen molar-refractivity contribution in [3.05, 3.63) is 12.7 Å². The first-order chi connectivity index (χ1) is 9.81. The Morgan fingerprint density at radius 2 is 2.20 bits per heavy atom. The van der Waals surface area contributed by atoms with Crippen molar-refractivity contribution in [1.82, 2.24) is 29.7 Å². The average Bonchev–Trinajstić information content (AvgIpc) is 3.17. The maximum absolute atomic E-state index is 5.44. The number of hydrogen-bond acceptors (Lipinski definition) is 8. The van der Waals surface area contributed by atoms with Crippen LogP contribution in [0, 0.1) is 0 Å². The predicted octanol–water partition coefficient (Wildman–Crippen LogP) is 0.117. The predicted molar refractivity (Wildman–Crippen MR) is 73.2 cm³/mol. The highest BCUT2D eigenvalue weighted by Crippen LogP contribution is 2.25. The first-order valence-corrected chi connectivity index (χ1v) is 6.66. The quantitative estimate of drug-likeness (QED) is 0.597. The third kappa shape index (κ3) is 2.27. The zero-order valence-corrected chi connectivity index (χ0v) is 11.3. The van der Waals surface area contributed by atoms with Gasteiger partial charge in [-0.2, -0.15) is 24.7 Å². The molecule has 2 aromatic rings. The molecule has 0 aromatic carbocycles. The fraction of sp³-hybridized carbons (Fsp3) is 0.545. The van der Waals surface area contributed by atoms with E-state index in [1.54, 1.807) is 6.33 Å². The van der Waals surface area contributed by atoms with E-state index in [1.165, 1.54) is 11.0 Å². The Kier molecular flexibility index (Phi) is 3.42. The lowest BCUT2D eigenvalue weighted by atomic mass is 10.2. The van der Waals surface area contributed by atoms with Gasteiger partial charge in [0.15, 0.2) is 0 Å². The summed E-state index contributed by atoms with van der Waals surface area (Å²) in [4.78, 5) is 19.1. The second-order valence-electron chi connectivity index (χ2n) is 4.64. The lowest BCUT2D eigenvalue weighted by molar-refractivity contribution is 0.630. The van der Waals surface area contributed by atoms with E-state index in [0.29, 0.717) is 23.9 Å². The molecule has 20 heavy (non-hydrogen) atoms. The van der Waals surface area contributed by atoms with Crippen LogP contribution in [-0.4, -0.2) is 42.3 Å². The second-order valence-corrected chi connectivity index (χ2v) is 4.64. The molecule has 9 heteroatoms. The highest BCUT2D eigenvalue weighted by molar-refractivity contribution is 5.41. The van der Waals surface area contributed by atoms with Crippen LogP contribution in [0.5, 0.6) is 0 Å². The van der Waals surface area contributed by atoms with Crippen LogP contribution in [0.2, 0.25) is 0 Å². The molecule has 0 spiro atoms. The highest BCUT2D eigenvalue weighted by Gasteiger charge is 2.26. The molecule has 3 N–H and O–H groups in total. The van der Waals surface area contributed by atoms with E-state index < -0.39 is 0 Å². The van der Waals surface area contributed by atoms with Gasteiger partial charge in [-0.05, 0) is 19.3 Å². The normalized spacial score (nSPS) is 18.5. The fourth-order valence-electron chi connectivity index (χ4n) is 2.48. The van der Waals surface area contributed by atoms with Crippen molar-refractivity contribution in [2.45, 2.75) is 32.2 Å². The molecular formula is C11H17N9. The van der Waals surface area contributed by atoms with Crippen LogP contribution in [-0.2, 0) is 0 Å². The smallest absolute Gasteiger partial charge is 0.258 e. The number of hydrogen-bond donors (Lipinski definition) is 2. The molecule has 0 bridgehead atoms. The van der Waals surface area contributed by atoms with Crippen LogP contribution in [0.15, 0.2) is 12.7 Å². The van der Waals surface area contributed by atoms with Crippen LogP contribution < -0.4 is 16.2 Å². The van der Waals surface area contributed by atoms with Gasteiger partial charge in [0.05, 0.1) is 0 Å². The molecule has 9 nitrogen and oxygen atoms in total. The maximum atomic E-state index is 5.44. The number of anilines is 2. The minimum atomic E-state index is 0.322. The number of nitrogens with two attached hydrogens (primary N) is 1. The minimum Gasteiger partial charge on any atom is -0.338 e. The van der Waals surface area contributed by atoms with Crippen LogP contribution in [0.4, 0.5) is 11.9 Å². The molecule has 1 aliphatic heterocycles. The Hall–Kier alpha value is -2.29. The summed E-state index contributed by atoms with van der Waals surface area (Å²) in [6, 6.07) is 0.464. The number of nitrogens with zero attached hydrogens (tertiary/aromatic N) is 7. The van der Waals surface area contributed by atoms with Gasteiger partial charge in [0, 0.05) is 12.6 Å². The van der Waals surface area contributed by atoms with Gasteiger partial charge in [-0.3, -0.25) is 5.43 Å². The molecule has 0 amide bonds. The Bertz CT molecular complexity index is 567. The first kappa shape index (κ1) is 12.7. The van der Waals surface area contributed by atoms with Gasteiger partial charge in [0.2, 0.25) is 11.9 Å². The largest absolute Gasteiger partial charge is 0.338 e. The summed E-state index contributed by atoms with van der Waals surface area (Å²) in [5.41, 5.74) is 2.48. The summed E-state index contributed by atoms with van der Waals surface area (Å²) in [7, 11) is 0. The molecule has 0 radical (unpaired) electrons. The van der Waals surface area contributed by atoms with Crippen molar-refractivity contribution < 1.29 is 0 Å². The lowest BCUT2D eigenvalue weighted by Gasteiger charge is -2.23. The standard InChI is InChI=1S/C11H17N9/c1-2-8-4-3-5-19(8)10-15-9(18-12)16-11(17-10)20-7-13-6-14-20/h6-8H,2-5,12H2,1H3,(H,15,16,17,18). The minimum absolute atomic E-state index is 0.322. The van der Waals surface area contributed by atoms with Gasteiger partial charge in [-0.1, -0.05) is 6.92 Å². The zero-order valence-electron chi connectivity index (χ0n) is 11.3. The van der Waals surface area contributed by atoms with E-state index in [2.05, 4.69) is 42.3 Å². The van der Waals surface area contributed by atoms with Gasteiger partial charge < -0.3 is 4.90 Å². The number of nitrogen functional groups attached to an aromatic ring is 1. The molecular weight excluding hydrogens is 258 g/mol. The van der Waals surface area contributed by atoms with E-state index in [1.807, 2.05) is 0 Å². The topological polar surface area (TPSA) is 111 Å². The number of aromatic nitrogens is 6. The van der Waals surface area contributed by atoms with Crippen molar-refractivity contribution in [2.75, 3.05) is 16.9 Å². The van der Waals surface area contributed by atoms with E-state index in [4.69, 9.17) is 5.84 Å². The van der Waals surface area contributed by atoms with Gasteiger partial charge in [0.1, 0.15) is 12.7 Å². The number of hydrazine groups is 1. The van der Waals surface area contributed by atoms with Crippen molar-refractivity contribution in [3.8, 4) is 5.95 Å². The van der Waals surface area contributed by atoms with Crippen LogP contribution in [0.1, 0.15) is 26.2 Å². The molecule has 0 saturated carbocycles. The third-order valence-corrected chi connectivity index (χ3v) is 3.47. The number of rotatable bonds is 4. The van der Waals surface area contributed by atoms with Gasteiger partial charge in [-0.25, -0.2) is 10.8 Å². The van der Waals surface area contributed by atoms with E-state index in [9.17, 15) is 0 Å².